The minimum absolute atomic E-state index is 0.0924. The Kier molecular flexibility index (Phi) is 15.6. The molecule has 0 aliphatic carbocycles. The summed E-state index contributed by atoms with van der Waals surface area (Å²) in [6.45, 7) is 5.92. The number of anilines is 1. The highest BCUT2D eigenvalue weighted by Crippen LogP contribution is 2.30. The smallest absolute Gasteiger partial charge is 0.255 e. The van der Waals surface area contributed by atoms with Crippen LogP contribution in [0.1, 0.15) is 107 Å². The van der Waals surface area contributed by atoms with Crippen molar-refractivity contribution in [2.75, 3.05) is 45.0 Å². The molecule has 4 amide bonds. The van der Waals surface area contributed by atoms with Crippen LogP contribution in [-0.4, -0.2) is 102 Å². The van der Waals surface area contributed by atoms with E-state index in [4.69, 9.17) is 18.9 Å². The number of nitrogens with zero attached hydrogens (tertiary/aromatic N) is 6. The van der Waals surface area contributed by atoms with E-state index in [0.29, 0.717) is 82.4 Å². The number of rotatable bonds is 23. The third-order valence-electron chi connectivity index (χ3n) is 11.1. The Morgan fingerprint density at radius 3 is 2.51 bits per heavy atom. The van der Waals surface area contributed by atoms with Crippen molar-refractivity contribution < 1.29 is 38.1 Å². The molecule has 1 aromatic heterocycles. The van der Waals surface area contributed by atoms with Gasteiger partial charge in [0.1, 0.15) is 36.5 Å². The van der Waals surface area contributed by atoms with Gasteiger partial charge in [-0.25, -0.2) is 4.99 Å². The predicted molar refractivity (Wildman–Crippen MR) is 235 cm³/mol. The molecule has 3 atom stereocenters. The average Bonchev–Trinajstić information content (AvgIpc) is 3.83. The molecule has 63 heavy (non-hydrogen) atoms. The molecule has 2 unspecified atom stereocenters. The van der Waals surface area contributed by atoms with Crippen LogP contribution in [0.5, 0.6) is 11.5 Å². The van der Waals surface area contributed by atoms with Gasteiger partial charge >= 0.3 is 0 Å². The number of amides is 4. The molecule has 0 radical (unpaired) electrons. The highest BCUT2D eigenvalue weighted by atomic mass is 16.5. The molecule has 4 aromatic rings. The van der Waals surface area contributed by atoms with Gasteiger partial charge in [0.25, 0.3) is 11.8 Å². The van der Waals surface area contributed by atoms with Crippen molar-refractivity contribution >= 4 is 41.9 Å². The Bertz CT molecular complexity index is 2290. The van der Waals surface area contributed by atoms with Gasteiger partial charge in [-0.1, -0.05) is 18.2 Å². The quantitative estimate of drug-likeness (QED) is 0.0648. The van der Waals surface area contributed by atoms with E-state index in [1.807, 2.05) is 73.3 Å². The molecule has 3 N–H and O–H groups in total. The zero-order valence-electron chi connectivity index (χ0n) is 35.8. The molecule has 3 aromatic carbocycles. The highest BCUT2D eigenvalue weighted by molar-refractivity contribution is 6.05. The summed E-state index contributed by atoms with van der Waals surface area (Å²) in [4.78, 5) is 59.9. The highest BCUT2D eigenvalue weighted by Gasteiger charge is 2.39. The van der Waals surface area contributed by atoms with Crippen LogP contribution < -0.4 is 25.4 Å². The van der Waals surface area contributed by atoms with E-state index in [0.717, 1.165) is 59.9 Å². The maximum absolute atomic E-state index is 13.2. The van der Waals surface area contributed by atoms with Gasteiger partial charge in [0.05, 0.1) is 25.8 Å². The molecule has 1 fully saturated rings. The van der Waals surface area contributed by atoms with Crippen molar-refractivity contribution in [1.29, 1.82) is 0 Å². The van der Waals surface area contributed by atoms with Gasteiger partial charge in [-0.2, -0.15) is 0 Å². The van der Waals surface area contributed by atoms with Crippen LogP contribution in [0, 0.1) is 0 Å². The van der Waals surface area contributed by atoms with Gasteiger partial charge in [0.2, 0.25) is 11.8 Å². The predicted octanol–water partition coefficient (Wildman–Crippen LogP) is 5.27. The van der Waals surface area contributed by atoms with Crippen LogP contribution in [0.4, 0.5) is 5.69 Å². The standard InChI is InChI=1S/C46H55N9O8/c1-31(50-44(57)33-10-6-11-35(25-33)48-28-41-52-53-43(54(41)2)39-17-18-47-30-49-39)32-9-7-12-36(26-32)62-22-5-3-4-19-60-20-8-21-61-23-24-63-37-13-14-38-34(27-37)29-55(46(38)59)40-15-16-42(56)51-45(40)58/h6-7,9-14,18,25-27,30-31,39-40,48H,3-5,8,15-17,19-24,28-29H2,1-2H3,(H,50,57)(H,51,56,58)/t31-,39?,40?/m1/s1. The number of imide groups is 1. The van der Waals surface area contributed by atoms with E-state index >= 15 is 0 Å². The second-order valence-electron chi connectivity index (χ2n) is 15.6. The van der Waals surface area contributed by atoms with Crippen LogP contribution in [0.15, 0.2) is 76.7 Å². The number of unbranched alkanes of at least 4 members (excludes halogenated alkanes) is 2. The summed E-state index contributed by atoms with van der Waals surface area (Å²) in [5, 5.41) is 17.5. The Morgan fingerprint density at radius 1 is 0.873 bits per heavy atom. The van der Waals surface area contributed by atoms with Gasteiger partial charge < -0.3 is 39.0 Å². The van der Waals surface area contributed by atoms with E-state index < -0.39 is 11.9 Å². The maximum Gasteiger partial charge on any atom is 0.255 e. The van der Waals surface area contributed by atoms with Crippen molar-refractivity contribution in [2.24, 2.45) is 17.0 Å². The first kappa shape index (κ1) is 44.6. The number of aliphatic imine (C=N–C) groups is 2. The minimum atomic E-state index is -0.641. The monoisotopic (exact) mass is 861 g/mol. The van der Waals surface area contributed by atoms with Gasteiger partial charge in [-0.3, -0.25) is 29.5 Å². The van der Waals surface area contributed by atoms with E-state index in [1.165, 1.54) is 4.90 Å². The Labute approximate surface area is 366 Å². The number of nitrogens with one attached hydrogen (secondary N) is 3. The minimum Gasteiger partial charge on any atom is -0.494 e. The summed E-state index contributed by atoms with van der Waals surface area (Å²) >= 11 is 0. The second kappa shape index (κ2) is 22.1. The third kappa shape index (κ3) is 12.1. The summed E-state index contributed by atoms with van der Waals surface area (Å²) in [7, 11) is 1.92. The molecule has 1 saturated heterocycles. The number of fused-ring (bicyclic) bond motifs is 1. The molecule has 0 bridgehead atoms. The topological polar surface area (TPSA) is 200 Å². The fraction of sp³-hybridized carbons (Fsp3) is 0.435. The van der Waals surface area contributed by atoms with Crippen LogP contribution >= 0.6 is 0 Å². The number of hydrogen-bond acceptors (Lipinski definition) is 13. The molecule has 0 spiro atoms. The van der Waals surface area contributed by atoms with E-state index in [-0.39, 0.29) is 36.2 Å². The maximum atomic E-state index is 13.2. The first-order chi connectivity index (χ1) is 30.7. The van der Waals surface area contributed by atoms with Gasteiger partial charge in [-0.15, -0.1) is 10.2 Å². The number of aromatic nitrogens is 3. The molecule has 4 heterocycles. The summed E-state index contributed by atoms with van der Waals surface area (Å²) in [5.74, 6) is 1.83. The number of benzene rings is 3. The van der Waals surface area contributed by atoms with Crippen LogP contribution in [0.2, 0.25) is 0 Å². The van der Waals surface area contributed by atoms with E-state index in [2.05, 4.69) is 36.1 Å². The van der Waals surface area contributed by atoms with Crippen molar-refractivity contribution in [1.82, 2.24) is 30.3 Å². The summed E-state index contributed by atoms with van der Waals surface area (Å²) in [6, 6.07) is 19.5. The van der Waals surface area contributed by atoms with Crippen molar-refractivity contribution in [3.05, 3.63) is 101 Å². The lowest BCUT2D eigenvalue weighted by atomic mass is 10.0. The first-order valence-electron chi connectivity index (χ1n) is 21.6. The van der Waals surface area contributed by atoms with Crippen molar-refractivity contribution in [2.45, 2.75) is 83.1 Å². The molecule has 17 nitrogen and oxygen atoms in total. The van der Waals surface area contributed by atoms with Gasteiger partial charge in [0, 0.05) is 69.3 Å². The normalized spacial score (nSPS) is 17.4. The summed E-state index contributed by atoms with van der Waals surface area (Å²) in [5.41, 5.74) is 3.65. The number of piperidine rings is 1. The Morgan fingerprint density at radius 2 is 1.67 bits per heavy atom. The zero-order valence-corrected chi connectivity index (χ0v) is 35.8. The SMILES string of the molecule is C[C@@H](NC(=O)c1cccc(NCc2nnc(C3CC=NC=N3)n2C)c1)c1cccc(OCCCCCOCCCOCCOc2ccc3c(c2)CN(C2CCC(=O)NC2=O)C3=O)c1. The molecule has 0 saturated carbocycles. The van der Waals surface area contributed by atoms with E-state index in [1.54, 1.807) is 24.5 Å². The number of carbonyl (C=O) groups excluding carboxylic acids is 4. The lowest BCUT2D eigenvalue weighted by Gasteiger charge is -2.29. The fourth-order valence-electron chi connectivity index (χ4n) is 7.57. The van der Waals surface area contributed by atoms with Crippen LogP contribution in [0.3, 0.4) is 0 Å². The van der Waals surface area contributed by atoms with Crippen molar-refractivity contribution in [3.8, 4) is 11.5 Å². The van der Waals surface area contributed by atoms with Crippen LogP contribution in [0.25, 0.3) is 0 Å². The summed E-state index contributed by atoms with van der Waals surface area (Å²) < 4.78 is 25.3. The second-order valence-corrected chi connectivity index (χ2v) is 15.6. The average molecular weight is 862 g/mol. The molecule has 3 aliphatic heterocycles. The van der Waals surface area contributed by atoms with E-state index in [9.17, 15) is 19.2 Å². The molecule has 7 rings (SSSR count). The lowest BCUT2D eigenvalue weighted by molar-refractivity contribution is -0.136. The lowest BCUT2D eigenvalue weighted by Crippen LogP contribution is -2.52. The Balaban J connectivity index is 0.710. The molecule has 332 valence electrons. The van der Waals surface area contributed by atoms with Crippen molar-refractivity contribution in [3.63, 3.8) is 0 Å². The fourth-order valence-corrected chi connectivity index (χ4v) is 7.57. The molecule has 3 aliphatic rings. The molecular formula is C46H55N9O8. The zero-order chi connectivity index (χ0) is 44.0. The summed E-state index contributed by atoms with van der Waals surface area (Å²) in [6.07, 6.45) is 8.19. The van der Waals surface area contributed by atoms with Crippen LogP contribution in [-0.2, 0) is 39.2 Å². The Hall–Kier alpha value is -6.46. The first-order valence-corrected chi connectivity index (χ1v) is 21.6. The molecule has 17 heteroatoms. The third-order valence-corrected chi connectivity index (χ3v) is 11.1. The van der Waals surface area contributed by atoms with Gasteiger partial charge in [0.15, 0.2) is 11.6 Å². The number of ether oxygens (including phenoxy) is 4. The number of carbonyl (C=O) groups is 4. The largest absolute Gasteiger partial charge is 0.494 e. The number of hydrogen-bond donors (Lipinski definition) is 3. The van der Waals surface area contributed by atoms with Gasteiger partial charge in [-0.05, 0) is 98.7 Å². The molecular weight excluding hydrogens is 807 g/mol.